The molecule has 1 aliphatic heterocycles. The SMILES string of the molecule is CCC(=O)O[C@@H]1C[C@@H](OC(C)=O)[C@H](OC(C)=O)[C@@H](COC(C)=O)O1. The molecule has 1 rings (SSSR count). The summed E-state index contributed by atoms with van der Waals surface area (Å²) in [7, 11) is 0. The Morgan fingerprint density at radius 3 is 2.08 bits per heavy atom. The smallest absolute Gasteiger partial charge is 0.307 e. The summed E-state index contributed by atoms with van der Waals surface area (Å²) in [5.74, 6) is -2.26. The van der Waals surface area contributed by atoms with Gasteiger partial charge in [-0.05, 0) is 0 Å². The second-order valence-electron chi connectivity index (χ2n) is 5.21. The van der Waals surface area contributed by atoms with Crippen LogP contribution in [-0.4, -0.2) is 55.1 Å². The topological polar surface area (TPSA) is 114 Å². The summed E-state index contributed by atoms with van der Waals surface area (Å²) < 4.78 is 25.9. The monoisotopic (exact) mass is 346 g/mol. The fourth-order valence-electron chi connectivity index (χ4n) is 2.20. The molecule has 0 bridgehead atoms. The van der Waals surface area contributed by atoms with Crippen molar-refractivity contribution in [1.29, 1.82) is 0 Å². The average molecular weight is 346 g/mol. The van der Waals surface area contributed by atoms with Crippen molar-refractivity contribution in [2.45, 2.75) is 65.1 Å². The van der Waals surface area contributed by atoms with Crippen molar-refractivity contribution in [3.8, 4) is 0 Å². The summed E-state index contributed by atoms with van der Waals surface area (Å²) in [6.07, 6.45) is -3.68. The fourth-order valence-corrected chi connectivity index (χ4v) is 2.20. The molecule has 4 atom stereocenters. The van der Waals surface area contributed by atoms with Crippen LogP contribution in [0.5, 0.6) is 0 Å². The normalized spacial score (nSPS) is 26.2. The van der Waals surface area contributed by atoms with Crippen molar-refractivity contribution >= 4 is 23.9 Å². The van der Waals surface area contributed by atoms with E-state index in [0.717, 1.165) is 0 Å². The lowest BCUT2D eigenvalue weighted by molar-refractivity contribution is -0.260. The molecule has 0 aliphatic carbocycles. The van der Waals surface area contributed by atoms with E-state index in [2.05, 4.69) is 0 Å². The zero-order chi connectivity index (χ0) is 18.3. The highest BCUT2D eigenvalue weighted by molar-refractivity contribution is 5.69. The molecule has 1 aliphatic rings. The van der Waals surface area contributed by atoms with E-state index in [4.69, 9.17) is 23.7 Å². The van der Waals surface area contributed by atoms with Crippen LogP contribution in [0.2, 0.25) is 0 Å². The Hall–Kier alpha value is -2.16. The van der Waals surface area contributed by atoms with E-state index >= 15 is 0 Å². The van der Waals surface area contributed by atoms with Crippen molar-refractivity contribution in [3.63, 3.8) is 0 Å². The lowest BCUT2D eigenvalue weighted by Crippen LogP contribution is -2.54. The Morgan fingerprint density at radius 1 is 0.958 bits per heavy atom. The summed E-state index contributed by atoms with van der Waals surface area (Å²) >= 11 is 0. The molecule has 0 spiro atoms. The first-order valence-electron chi connectivity index (χ1n) is 7.55. The molecule has 0 aromatic carbocycles. The van der Waals surface area contributed by atoms with Crippen LogP contribution >= 0.6 is 0 Å². The Labute approximate surface area is 139 Å². The second kappa shape index (κ2) is 9.21. The molecule has 0 N–H and O–H groups in total. The molecule has 0 aromatic heterocycles. The van der Waals surface area contributed by atoms with Crippen LogP contribution in [0.25, 0.3) is 0 Å². The van der Waals surface area contributed by atoms with E-state index in [1.807, 2.05) is 0 Å². The van der Waals surface area contributed by atoms with Gasteiger partial charge in [-0.3, -0.25) is 19.2 Å². The van der Waals surface area contributed by atoms with E-state index in [-0.39, 0.29) is 19.4 Å². The highest BCUT2D eigenvalue weighted by atomic mass is 16.7. The fraction of sp³-hybridized carbons (Fsp3) is 0.733. The van der Waals surface area contributed by atoms with Gasteiger partial charge in [0, 0.05) is 27.2 Å². The molecule has 0 radical (unpaired) electrons. The quantitative estimate of drug-likeness (QED) is 0.500. The standard InChI is InChI=1S/C15H22O9/c1-5-13(19)24-14-6-11(21-9(3)17)15(22-10(4)18)12(23-14)7-20-8(2)16/h11-12,14-15H,5-7H2,1-4H3/t11-,12-,14-,15+/m1/s1. The molecule has 9 heteroatoms. The van der Waals surface area contributed by atoms with Gasteiger partial charge < -0.3 is 23.7 Å². The minimum atomic E-state index is -1.01. The summed E-state index contributed by atoms with van der Waals surface area (Å²) in [6, 6.07) is 0. The third kappa shape index (κ3) is 6.53. The molecule has 0 aromatic rings. The Balaban J connectivity index is 2.95. The average Bonchev–Trinajstić information content (AvgIpc) is 2.46. The zero-order valence-electron chi connectivity index (χ0n) is 14.1. The molecule has 136 valence electrons. The van der Waals surface area contributed by atoms with Gasteiger partial charge in [-0.15, -0.1) is 0 Å². The molecule has 1 fully saturated rings. The van der Waals surface area contributed by atoms with E-state index in [1.165, 1.54) is 20.8 Å². The predicted molar refractivity (Wildman–Crippen MR) is 77.4 cm³/mol. The maximum Gasteiger partial charge on any atom is 0.307 e. The van der Waals surface area contributed by atoms with Gasteiger partial charge in [0.15, 0.2) is 6.10 Å². The summed E-state index contributed by atoms with van der Waals surface area (Å²) in [5, 5.41) is 0. The Kier molecular flexibility index (Phi) is 7.63. The van der Waals surface area contributed by atoms with Crippen molar-refractivity contribution < 1.29 is 42.9 Å². The van der Waals surface area contributed by atoms with Gasteiger partial charge in [0.25, 0.3) is 0 Å². The third-order valence-electron chi connectivity index (χ3n) is 3.11. The van der Waals surface area contributed by atoms with E-state index in [9.17, 15) is 19.2 Å². The van der Waals surface area contributed by atoms with Crippen molar-refractivity contribution in [1.82, 2.24) is 0 Å². The number of carbonyl (C=O) groups is 4. The lowest BCUT2D eigenvalue weighted by Gasteiger charge is -2.39. The second-order valence-corrected chi connectivity index (χ2v) is 5.21. The summed E-state index contributed by atoms with van der Waals surface area (Å²) in [5.41, 5.74) is 0. The largest absolute Gasteiger partial charge is 0.463 e. The Morgan fingerprint density at radius 2 is 1.58 bits per heavy atom. The van der Waals surface area contributed by atoms with Gasteiger partial charge in [0.1, 0.15) is 18.8 Å². The van der Waals surface area contributed by atoms with Gasteiger partial charge >= 0.3 is 23.9 Å². The van der Waals surface area contributed by atoms with Crippen LogP contribution in [-0.2, 0) is 42.9 Å². The van der Waals surface area contributed by atoms with Gasteiger partial charge in [0.05, 0.1) is 6.42 Å². The van der Waals surface area contributed by atoms with E-state index in [0.29, 0.717) is 0 Å². The van der Waals surface area contributed by atoms with Crippen LogP contribution in [0, 0.1) is 0 Å². The number of hydrogen-bond acceptors (Lipinski definition) is 9. The molecule has 1 saturated heterocycles. The van der Waals surface area contributed by atoms with Gasteiger partial charge in [-0.25, -0.2) is 0 Å². The third-order valence-corrected chi connectivity index (χ3v) is 3.11. The summed E-state index contributed by atoms with van der Waals surface area (Å²) in [4.78, 5) is 45.1. The number of rotatable bonds is 6. The molecule has 24 heavy (non-hydrogen) atoms. The minimum absolute atomic E-state index is 0.000161. The molecular weight excluding hydrogens is 324 g/mol. The van der Waals surface area contributed by atoms with Crippen LogP contribution < -0.4 is 0 Å². The van der Waals surface area contributed by atoms with Gasteiger partial charge in [0.2, 0.25) is 6.29 Å². The first-order chi connectivity index (χ1) is 11.2. The highest BCUT2D eigenvalue weighted by Gasteiger charge is 2.44. The number of ether oxygens (including phenoxy) is 5. The van der Waals surface area contributed by atoms with Crippen LogP contribution in [0.1, 0.15) is 40.5 Å². The van der Waals surface area contributed by atoms with E-state index < -0.39 is 48.5 Å². The van der Waals surface area contributed by atoms with Gasteiger partial charge in [-0.1, -0.05) is 6.92 Å². The molecular formula is C15H22O9. The first kappa shape index (κ1) is 19.9. The van der Waals surface area contributed by atoms with Crippen molar-refractivity contribution in [3.05, 3.63) is 0 Å². The number of carbonyl (C=O) groups excluding carboxylic acids is 4. The highest BCUT2D eigenvalue weighted by Crippen LogP contribution is 2.27. The molecule has 0 amide bonds. The molecule has 9 nitrogen and oxygen atoms in total. The zero-order valence-corrected chi connectivity index (χ0v) is 14.1. The van der Waals surface area contributed by atoms with E-state index in [1.54, 1.807) is 6.92 Å². The maximum atomic E-state index is 11.5. The first-order valence-corrected chi connectivity index (χ1v) is 7.55. The van der Waals surface area contributed by atoms with Crippen molar-refractivity contribution in [2.75, 3.05) is 6.61 Å². The maximum absolute atomic E-state index is 11.5. The molecule has 1 heterocycles. The van der Waals surface area contributed by atoms with Crippen LogP contribution in [0.15, 0.2) is 0 Å². The minimum Gasteiger partial charge on any atom is -0.463 e. The predicted octanol–water partition coefficient (Wildman–Crippen LogP) is 0.481. The van der Waals surface area contributed by atoms with Crippen LogP contribution in [0.4, 0.5) is 0 Å². The molecule has 0 saturated carbocycles. The number of hydrogen-bond donors (Lipinski definition) is 0. The molecule has 0 unspecified atom stereocenters. The van der Waals surface area contributed by atoms with Gasteiger partial charge in [-0.2, -0.15) is 0 Å². The number of esters is 4. The summed E-state index contributed by atoms with van der Waals surface area (Å²) in [6.45, 7) is 4.98. The Bertz CT molecular complexity index is 487. The lowest BCUT2D eigenvalue weighted by atomic mass is 10.0. The van der Waals surface area contributed by atoms with Crippen molar-refractivity contribution in [2.24, 2.45) is 0 Å². The van der Waals surface area contributed by atoms with Crippen LogP contribution in [0.3, 0.4) is 0 Å².